The molecule has 1 saturated heterocycles. The van der Waals surface area contributed by atoms with Crippen molar-refractivity contribution in [1.29, 1.82) is 0 Å². The van der Waals surface area contributed by atoms with Crippen LogP contribution in [0.4, 0.5) is 0 Å². The van der Waals surface area contributed by atoms with Crippen molar-refractivity contribution in [3.05, 3.63) is 70.9 Å². The lowest BCUT2D eigenvalue weighted by Gasteiger charge is -2.29. The number of fused-ring (bicyclic) bond motifs is 2. The molecule has 200 valence electrons. The number of hydrogen-bond donors (Lipinski definition) is 0. The van der Waals surface area contributed by atoms with Gasteiger partial charge in [0.2, 0.25) is 0 Å². The van der Waals surface area contributed by atoms with Gasteiger partial charge < -0.3 is 9.47 Å². The van der Waals surface area contributed by atoms with Gasteiger partial charge in [0.05, 0.1) is 40.6 Å². The molecule has 1 aliphatic rings. The van der Waals surface area contributed by atoms with Crippen LogP contribution < -0.4 is 0 Å². The maximum Gasteiger partial charge on any atom is 0.163 e. The second-order valence-corrected chi connectivity index (χ2v) is 12.6. The SMILES string of the molecule is CC(=O)[C@@H](OC(C)(C)C)c1c(C)cc2nc(-c3ccc4nn(C5COC5)cc4c3)sc2c1-c1ccc(Cl)cc1. The Balaban J connectivity index is 1.54. The lowest BCUT2D eigenvalue weighted by atomic mass is 9.90. The number of aromatic nitrogens is 3. The summed E-state index contributed by atoms with van der Waals surface area (Å²) < 4.78 is 14.7. The first kappa shape index (κ1) is 26.1. The molecule has 39 heavy (non-hydrogen) atoms. The number of thiazole rings is 1. The zero-order valence-electron chi connectivity index (χ0n) is 22.6. The number of aryl methyl sites for hydroxylation is 1. The lowest BCUT2D eigenvalue weighted by molar-refractivity contribution is -0.138. The van der Waals surface area contributed by atoms with Crippen molar-refractivity contribution in [1.82, 2.24) is 14.8 Å². The van der Waals surface area contributed by atoms with Gasteiger partial charge in [-0.3, -0.25) is 9.48 Å². The highest BCUT2D eigenvalue weighted by Gasteiger charge is 2.30. The van der Waals surface area contributed by atoms with E-state index in [2.05, 4.69) is 24.4 Å². The molecule has 0 amide bonds. The number of rotatable bonds is 6. The normalized spacial score (nSPS) is 15.1. The summed E-state index contributed by atoms with van der Waals surface area (Å²) in [5.41, 5.74) is 6.16. The monoisotopic (exact) mass is 559 g/mol. The van der Waals surface area contributed by atoms with Crippen LogP contribution in [0.3, 0.4) is 0 Å². The molecule has 0 spiro atoms. The summed E-state index contributed by atoms with van der Waals surface area (Å²) in [6, 6.07) is 16.4. The fourth-order valence-corrected chi connectivity index (χ4v) is 6.26. The zero-order chi connectivity index (χ0) is 27.5. The van der Waals surface area contributed by atoms with Gasteiger partial charge in [-0.25, -0.2) is 4.98 Å². The van der Waals surface area contributed by atoms with E-state index in [9.17, 15) is 4.79 Å². The molecule has 2 aromatic heterocycles. The molecule has 0 N–H and O–H groups in total. The molecular weight excluding hydrogens is 530 g/mol. The van der Waals surface area contributed by atoms with E-state index in [0.717, 1.165) is 53.9 Å². The fraction of sp³-hybridized carbons (Fsp3) is 0.323. The first-order valence-corrected chi connectivity index (χ1v) is 14.2. The number of ketones is 1. The summed E-state index contributed by atoms with van der Waals surface area (Å²) >= 11 is 7.88. The Kier molecular flexibility index (Phi) is 6.58. The molecule has 0 unspecified atom stereocenters. The van der Waals surface area contributed by atoms with Crippen LogP contribution in [0.1, 0.15) is 51.0 Å². The minimum absolute atomic E-state index is 0.0355. The highest BCUT2D eigenvalue weighted by Crippen LogP contribution is 2.44. The van der Waals surface area contributed by atoms with Crippen LogP contribution in [0.5, 0.6) is 0 Å². The average Bonchev–Trinajstić information content (AvgIpc) is 3.44. The van der Waals surface area contributed by atoms with Gasteiger partial charge >= 0.3 is 0 Å². The van der Waals surface area contributed by atoms with Gasteiger partial charge in [-0.2, -0.15) is 5.10 Å². The molecule has 3 aromatic carbocycles. The summed E-state index contributed by atoms with van der Waals surface area (Å²) in [6.07, 6.45) is 1.38. The molecule has 3 heterocycles. The first-order valence-electron chi connectivity index (χ1n) is 13.0. The Morgan fingerprint density at radius 3 is 2.46 bits per heavy atom. The maximum absolute atomic E-state index is 13.0. The van der Waals surface area contributed by atoms with E-state index < -0.39 is 11.7 Å². The van der Waals surface area contributed by atoms with Crippen LogP contribution in [-0.2, 0) is 14.3 Å². The van der Waals surface area contributed by atoms with E-state index in [1.165, 1.54) is 0 Å². The van der Waals surface area contributed by atoms with E-state index in [0.29, 0.717) is 24.3 Å². The predicted octanol–water partition coefficient (Wildman–Crippen LogP) is 7.96. The second kappa shape index (κ2) is 9.82. The van der Waals surface area contributed by atoms with Crippen LogP contribution >= 0.6 is 22.9 Å². The first-order chi connectivity index (χ1) is 18.6. The number of carbonyl (C=O) groups is 1. The van der Waals surface area contributed by atoms with E-state index >= 15 is 0 Å². The van der Waals surface area contributed by atoms with Crippen LogP contribution in [0.25, 0.3) is 42.8 Å². The third-order valence-electron chi connectivity index (χ3n) is 6.93. The van der Waals surface area contributed by atoms with Gasteiger partial charge in [-0.15, -0.1) is 11.3 Å². The highest BCUT2D eigenvalue weighted by atomic mass is 35.5. The molecule has 6 nitrogen and oxygen atoms in total. The third-order valence-corrected chi connectivity index (χ3v) is 8.32. The molecule has 0 bridgehead atoms. The van der Waals surface area contributed by atoms with Gasteiger partial charge in [0.25, 0.3) is 0 Å². The van der Waals surface area contributed by atoms with Gasteiger partial charge in [0.1, 0.15) is 11.1 Å². The largest absolute Gasteiger partial charge is 0.377 e. The van der Waals surface area contributed by atoms with Crippen molar-refractivity contribution < 1.29 is 14.3 Å². The predicted molar refractivity (Wildman–Crippen MR) is 158 cm³/mol. The summed E-state index contributed by atoms with van der Waals surface area (Å²) in [5, 5.41) is 7.37. The van der Waals surface area contributed by atoms with E-state index in [1.54, 1.807) is 18.3 Å². The molecular formula is C31H30ClN3O3S. The Bertz CT molecular complexity index is 1710. The zero-order valence-corrected chi connectivity index (χ0v) is 24.2. The summed E-state index contributed by atoms with van der Waals surface area (Å²) in [6.45, 7) is 10.9. The fourth-order valence-electron chi connectivity index (χ4n) is 5.02. The van der Waals surface area contributed by atoms with E-state index in [-0.39, 0.29) is 5.78 Å². The lowest BCUT2D eigenvalue weighted by Crippen LogP contribution is -2.30. The number of ether oxygens (including phenoxy) is 2. The smallest absolute Gasteiger partial charge is 0.163 e. The average molecular weight is 560 g/mol. The maximum atomic E-state index is 13.0. The van der Waals surface area contributed by atoms with E-state index in [4.69, 9.17) is 31.2 Å². The van der Waals surface area contributed by atoms with Crippen molar-refractivity contribution in [2.45, 2.75) is 52.4 Å². The van der Waals surface area contributed by atoms with E-state index in [1.807, 2.05) is 62.7 Å². The Morgan fingerprint density at radius 2 is 1.82 bits per heavy atom. The Labute approximate surface area is 236 Å². The molecule has 0 saturated carbocycles. The second-order valence-electron chi connectivity index (χ2n) is 11.2. The summed E-state index contributed by atoms with van der Waals surface area (Å²) in [4.78, 5) is 18.1. The van der Waals surface area contributed by atoms with Crippen LogP contribution in [0, 0.1) is 6.92 Å². The summed E-state index contributed by atoms with van der Waals surface area (Å²) in [5.74, 6) is -0.0355. The summed E-state index contributed by atoms with van der Waals surface area (Å²) in [7, 11) is 0. The number of nitrogens with zero attached hydrogens (tertiary/aromatic N) is 3. The van der Waals surface area contributed by atoms with Crippen molar-refractivity contribution in [3.63, 3.8) is 0 Å². The number of hydrogen-bond acceptors (Lipinski definition) is 6. The van der Waals surface area contributed by atoms with Crippen LogP contribution in [0.2, 0.25) is 5.02 Å². The standard InChI is InChI=1S/C31H30ClN3O3S/c1-17-12-25-29(27(19-6-9-22(32)10-7-19)26(17)28(18(2)36)38-31(3,4)5)39-30(33-25)20-8-11-24-21(13-20)14-35(34-24)23-15-37-16-23/h6-14,23,28H,15-16H2,1-5H3/t28-/m1/s1. The molecule has 5 aromatic rings. The van der Waals surface area contributed by atoms with Gasteiger partial charge in [-0.1, -0.05) is 23.7 Å². The number of carbonyl (C=O) groups excluding carboxylic acids is 1. The topological polar surface area (TPSA) is 66.2 Å². The van der Waals surface area contributed by atoms with Gasteiger partial charge in [0, 0.05) is 33.3 Å². The third kappa shape index (κ3) is 5.00. The van der Waals surface area contributed by atoms with Crippen molar-refractivity contribution in [2.75, 3.05) is 13.2 Å². The van der Waals surface area contributed by atoms with Crippen molar-refractivity contribution in [3.8, 4) is 21.7 Å². The molecule has 1 fully saturated rings. The van der Waals surface area contributed by atoms with Crippen molar-refractivity contribution in [2.24, 2.45) is 0 Å². The van der Waals surface area contributed by atoms with Crippen LogP contribution in [-0.4, -0.2) is 39.4 Å². The molecule has 1 aliphatic heterocycles. The number of benzene rings is 3. The highest BCUT2D eigenvalue weighted by molar-refractivity contribution is 7.22. The quantitative estimate of drug-likeness (QED) is 0.211. The number of Topliss-reactive ketones (excluding diaryl/α,β-unsaturated/α-hetero) is 1. The minimum Gasteiger partial charge on any atom is -0.377 e. The number of halogens is 1. The van der Waals surface area contributed by atoms with Crippen LogP contribution in [0.15, 0.2) is 54.7 Å². The van der Waals surface area contributed by atoms with Crippen molar-refractivity contribution >= 4 is 49.8 Å². The minimum atomic E-state index is -0.705. The van der Waals surface area contributed by atoms with Gasteiger partial charge in [-0.05, 0) is 82.1 Å². The molecule has 0 radical (unpaired) electrons. The van der Waals surface area contributed by atoms with Gasteiger partial charge in [0.15, 0.2) is 5.78 Å². The molecule has 1 atom stereocenters. The molecule has 8 heteroatoms. The Hall–Kier alpha value is -3.10. The molecule has 0 aliphatic carbocycles. The molecule has 6 rings (SSSR count). The Morgan fingerprint density at radius 1 is 1.10 bits per heavy atom.